The van der Waals surface area contributed by atoms with Crippen LogP contribution in [-0.4, -0.2) is 302 Å². The summed E-state index contributed by atoms with van der Waals surface area (Å²) in [6.07, 6.45) is 57.6. The second kappa shape index (κ2) is 89.0. The second-order valence-electron chi connectivity index (χ2n) is 38.7. The number of hydrogen-bond donors (Lipinski definition) is 5. The van der Waals surface area contributed by atoms with Crippen LogP contribution in [0.4, 0.5) is 0 Å². The van der Waals surface area contributed by atoms with Gasteiger partial charge in [0.2, 0.25) is 70.9 Å². The number of rotatable bonds is 61. The molecule has 0 aliphatic carbocycles. The van der Waals surface area contributed by atoms with Crippen molar-refractivity contribution in [1.82, 2.24) is 60.5 Å². The van der Waals surface area contributed by atoms with Crippen LogP contribution in [0, 0.1) is 0 Å². The number of nitrogens with one attached hydrogen (secondary N) is 4. The quantitative estimate of drug-likeness (QED) is 0.0163. The van der Waals surface area contributed by atoms with Gasteiger partial charge in [-0.2, -0.15) is 0 Å². The third kappa shape index (κ3) is 73.6. The minimum atomic E-state index is -1.20. The van der Waals surface area contributed by atoms with Crippen LogP contribution in [0.5, 0.6) is 0 Å². The van der Waals surface area contributed by atoms with E-state index in [1.54, 1.807) is 32.6 Å². The summed E-state index contributed by atoms with van der Waals surface area (Å²) in [7, 11) is 0. The van der Waals surface area contributed by atoms with Gasteiger partial charge in [-0.05, 0) is 226 Å². The van der Waals surface area contributed by atoms with Gasteiger partial charge >= 0.3 is 29.8 Å². The number of likely N-dealkylation sites (tertiary alicyclic amines) is 8. The smallest absolute Gasteiger partial charge is 0.333 e. The molecule has 0 saturated carbocycles. The first kappa shape index (κ1) is 134. The first-order valence-corrected chi connectivity index (χ1v) is 55.2. The van der Waals surface area contributed by atoms with Crippen LogP contribution in [0.2, 0.25) is 0 Å². The summed E-state index contributed by atoms with van der Waals surface area (Å²) in [5.74, 6) is -0.925. The Balaban J connectivity index is 0.000000841. The SMILES string of the molecule is C=C(C)C(=O)NCCCCCCN1CCCC1=O.C=C(C)C(=O)NCCCCCCN1CCCCCC1=O.C=C(C)C(=O)OCCCCCCN1CCCC1=O.C=C(C)C(=O)OCCCCCCN1CCCCCC1=O.C=CC(=O)NCCCCCCN1CCCC1=O.C=CC(=O)NCCCCCCN1CCCCCC1=O.C=CC(=O)OCCCCCCN1CCCCCC1=O.O=C(O)C=CC(=O)OCCN1CCCC1=O. The first-order valence-electron chi connectivity index (χ1n) is 55.2. The van der Waals surface area contributed by atoms with E-state index in [0.717, 1.165) is 399 Å². The average Bonchev–Trinajstić information content (AvgIpc) is 1.79. The van der Waals surface area contributed by atoms with Gasteiger partial charge in [0.1, 0.15) is 6.61 Å². The fourth-order valence-corrected chi connectivity index (χ4v) is 16.8. The highest BCUT2D eigenvalue weighted by atomic mass is 16.5. The lowest BCUT2D eigenvalue weighted by atomic mass is 10.2. The molecule has 0 radical (unpaired) electrons. The lowest BCUT2D eigenvalue weighted by Gasteiger charge is -2.20. The highest BCUT2D eigenvalue weighted by Crippen LogP contribution is 2.21. The number of esters is 4. The Morgan fingerprint density at radius 3 is 0.707 bits per heavy atom. The number of amides is 12. The van der Waals surface area contributed by atoms with Crippen LogP contribution in [-0.2, 0) is 100 Å². The molecule has 0 aromatic heterocycles. The monoisotopic (exact) mass is 2070 g/mol. The van der Waals surface area contributed by atoms with Crippen molar-refractivity contribution in [3.05, 3.63) is 98.7 Å². The minimum absolute atomic E-state index is 0.0554. The molecule has 0 atom stereocenters. The largest absolute Gasteiger partial charge is 0.478 e. The molecule has 0 unspecified atom stereocenters. The zero-order valence-electron chi connectivity index (χ0n) is 90.7. The number of ether oxygens (including phenoxy) is 4. The summed E-state index contributed by atoms with van der Waals surface area (Å²) < 4.78 is 19.6. The van der Waals surface area contributed by atoms with E-state index in [9.17, 15) is 81.5 Å². The highest BCUT2D eigenvalue weighted by molar-refractivity contribution is 5.93. The molecule has 0 aromatic carbocycles. The first-order chi connectivity index (χ1) is 70.7. The van der Waals surface area contributed by atoms with Gasteiger partial charge in [-0.1, -0.05) is 142 Å². The standard InChI is InChI=1S/C16H28N2O2.C16H27NO3.C15H26N2O2.C15H25NO3.C14H24N2O2.C14H23NO3.C13H22N2O2.C10H13NO5/c1-14(2)16(20)17-11-7-3-4-8-12-18-13-9-5-6-10-15(18)19;1-14(2)16(19)20-13-9-4-3-7-11-17-12-8-5-6-10-15(17)18;1-2-14(18)16-11-7-3-4-8-12-17-13-9-5-6-10-15(17)19;1-2-15(18)19-13-9-4-3-7-11-16-12-8-5-6-10-14(16)17;1-12(2)14(18)15-9-5-3-4-6-10-16-11-7-8-13(16)17;1-12(2)14(17)18-11-6-4-3-5-9-15-10-7-8-13(15)16;1-2-12(16)14-9-5-3-4-6-10-15-11-7-8-13(15)17;12-8-2-1-5-11(8)6-7-16-10(15)4-3-9(13)14/h1,3-13H2,2H3,(H,17,20);1,3-13H2,2H3;2H,1,3-13H2,(H,16,18);2H,1,3-13H2;1,3-11H2,2H3,(H,15,18);1,3-11H2,2H3;2H,1,3-11H2,(H,14,16);3-4H,1-2,5-7H2,(H,13,14). The molecule has 0 aromatic rings. The zero-order valence-corrected chi connectivity index (χ0v) is 90.7. The third-order valence-corrected chi connectivity index (χ3v) is 25.6. The molecule has 8 aliphatic heterocycles. The Morgan fingerprint density at radius 2 is 0.476 bits per heavy atom. The maximum Gasteiger partial charge on any atom is 0.333 e. The van der Waals surface area contributed by atoms with Crippen molar-refractivity contribution in [2.24, 2.45) is 0 Å². The van der Waals surface area contributed by atoms with Crippen molar-refractivity contribution >= 4 is 101 Å². The van der Waals surface area contributed by atoms with Gasteiger partial charge in [0.05, 0.1) is 26.4 Å². The molecule has 5 N–H and O–H groups in total. The Labute approximate surface area is 879 Å². The van der Waals surface area contributed by atoms with Crippen molar-refractivity contribution in [2.45, 2.75) is 362 Å². The number of carbonyl (C=O) groups is 17. The molecule has 8 fully saturated rings. The van der Waals surface area contributed by atoms with Crippen molar-refractivity contribution in [1.29, 1.82) is 0 Å². The highest BCUT2D eigenvalue weighted by Gasteiger charge is 2.26. The van der Waals surface area contributed by atoms with E-state index < -0.39 is 11.9 Å². The van der Waals surface area contributed by atoms with Crippen LogP contribution in [0.15, 0.2) is 98.7 Å². The molecule has 832 valence electrons. The molecule has 8 rings (SSSR count). The number of unbranched alkanes of at least 4 members (excludes halogenated alkanes) is 21. The zero-order chi connectivity index (χ0) is 109. The molecule has 8 saturated heterocycles. The molecule has 34 nitrogen and oxygen atoms in total. The maximum absolute atomic E-state index is 11.8. The molecular formula is C113H188N12O22. The van der Waals surface area contributed by atoms with Crippen molar-refractivity contribution in [3.8, 4) is 0 Å². The summed E-state index contributed by atoms with van der Waals surface area (Å²) in [5, 5.41) is 19.4. The Morgan fingerprint density at radius 1 is 0.252 bits per heavy atom. The van der Waals surface area contributed by atoms with E-state index in [0.29, 0.717) is 135 Å². The van der Waals surface area contributed by atoms with Gasteiger partial charge in [-0.15, -0.1) is 0 Å². The van der Waals surface area contributed by atoms with E-state index >= 15 is 0 Å². The van der Waals surface area contributed by atoms with Crippen molar-refractivity contribution in [2.75, 3.05) is 157 Å². The topological polar surface area (TPSA) is 421 Å². The number of carbonyl (C=O) groups excluding carboxylic acids is 16. The number of carboxylic acids is 1. The molecule has 8 heterocycles. The van der Waals surface area contributed by atoms with Gasteiger partial charge in [-0.3, -0.25) is 57.5 Å². The molecule has 34 heteroatoms. The molecule has 0 spiro atoms. The van der Waals surface area contributed by atoms with E-state index in [4.69, 9.17) is 24.1 Å². The van der Waals surface area contributed by atoms with Gasteiger partial charge in [0.15, 0.2) is 0 Å². The predicted molar refractivity (Wildman–Crippen MR) is 575 cm³/mol. The molecule has 8 aliphatic rings. The molecular weight excluding hydrogens is 1880 g/mol. The van der Waals surface area contributed by atoms with Gasteiger partial charge in [-0.25, -0.2) is 24.0 Å². The normalized spacial score (nSPS) is 15.6. The van der Waals surface area contributed by atoms with E-state index in [1.165, 1.54) is 43.9 Å². The van der Waals surface area contributed by atoms with Gasteiger partial charge in [0.25, 0.3) is 0 Å². The second-order valence-corrected chi connectivity index (χ2v) is 38.7. The molecule has 12 amide bonds. The van der Waals surface area contributed by atoms with E-state index in [2.05, 4.69) is 67.3 Å². The molecule has 147 heavy (non-hydrogen) atoms. The van der Waals surface area contributed by atoms with Gasteiger partial charge in [0, 0.05) is 216 Å². The number of hydrogen-bond acceptors (Lipinski definition) is 21. The Kier molecular flexibility index (Phi) is 81.0. The Hall–Kier alpha value is -11.1. The number of nitrogens with zero attached hydrogens (tertiary/aromatic N) is 8. The van der Waals surface area contributed by atoms with Crippen molar-refractivity contribution < 1.29 is 106 Å². The van der Waals surface area contributed by atoms with Crippen LogP contribution in [0.1, 0.15) is 362 Å². The van der Waals surface area contributed by atoms with Crippen LogP contribution < -0.4 is 21.3 Å². The van der Waals surface area contributed by atoms with E-state index in [1.807, 2.05) is 34.3 Å². The fraction of sp³-hybridized carbons (Fsp3) is 0.708. The van der Waals surface area contributed by atoms with Crippen LogP contribution in [0.25, 0.3) is 0 Å². The Bertz CT molecular complexity index is 3810. The van der Waals surface area contributed by atoms with Crippen molar-refractivity contribution in [3.63, 3.8) is 0 Å². The third-order valence-electron chi connectivity index (χ3n) is 25.6. The van der Waals surface area contributed by atoms with E-state index in [-0.39, 0.29) is 54.1 Å². The van der Waals surface area contributed by atoms with Crippen LogP contribution in [0.3, 0.4) is 0 Å². The average molecular weight is 2070 g/mol. The summed E-state index contributed by atoms with van der Waals surface area (Å²) >= 11 is 0. The summed E-state index contributed by atoms with van der Waals surface area (Å²) in [6, 6.07) is 0. The summed E-state index contributed by atoms with van der Waals surface area (Å²) in [5.41, 5.74) is 2.01. The summed E-state index contributed by atoms with van der Waals surface area (Å²) in [6.45, 7) is 49.3. The minimum Gasteiger partial charge on any atom is -0.478 e. The fourth-order valence-electron chi connectivity index (χ4n) is 16.8. The number of aliphatic carboxylic acids is 1. The maximum atomic E-state index is 11.8. The lowest BCUT2D eigenvalue weighted by molar-refractivity contribution is -0.140. The van der Waals surface area contributed by atoms with Crippen LogP contribution >= 0.6 is 0 Å². The molecule has 0 bridgehead atoms. The van der Waals surface area contributed by atoms with Gasteiger partial charge < -0.3 is 84.5 Å². The summed E-state index contributed by atoms with van der Waals surface area (Å²) in [4.78, 5) is 206. The predicted octanol–water partition coefficient (Wildman–Crippen LogP) is 16.1. The lowest BCUT2D eigenvalue weighted by Crippen LogP contribution is -2.31. The number of carboxylic acid groups (broad SMARTS) is 1.